The van der Waals surface area contributed by atoms with Crippen molar-refractivity contribution in [2.24, 2.45) is 0 Å². The molecule has 180 valence electrons. The highest BCUT2D eigenvalue weighted by Crippen LogP contribution is 2.29. The molecule has 2 saturated heterocycles. The van der Waals surface area contributed by atoms with Crippen LogP contribution in [0.25, 0.3) is 28.1 Å². The molecule has 2 aliphatic heterocycles. The summed E-state index contributed by atoms with van der Waals surface area (Å²) in [5, 5.41) is 13.9. The molecule has 0 N–H and O–H groups in total. The highest BCUT2D eigenvalue weighted by atomic mass is 16.5. The smallest absolute Gasteiger partial charge is 0.255 e. The molecule has 4 aromatic rings. The Labute approximate surface area is 202 Å². The van der Waals surface area contributed by atoms with E-state index < -0.39 is 0 Å². The van der Waals surface area contributed by atoms with Crippen molar-refractivity contribution in [2.45, 2.75) is 38.5 Å². The van der Waals surface area contributed by atoms with Gasteiger partial charge in [-0.1, -0.05) is 12.1 Å². The van der Waals surface area contributed by atoms with Crippen molar-refractivity contribution in [1.82, 2.24) is 34.4 Å². The van der Waals surface area contributed by atoms with Crippen molar-refractivity contribution in [3.05, 3.63) is 54.6 Å². The molecule has 2 atom stereocenters. The lowest BCUT2D eigenvalue weighted by Crippen LogP contribution is -2.44. The van der Waals surface area contributed by atoms with Crippen molar-refractivity contribution >= 4 is 16.9 Å². The minimum atomic E-state index is -0.0463. The van der Waals surface area contributed by atoms with Crippen LogP contribution in [0.1, 0.15) is 42.8 Å². The number of aromatic nitrogens is 6. The van der Waals surface area contributed by atoms with Crippen LogP contribution < -0.4 is 0 Å². The number of fused-ring (bicyclic) bond motifs is 1. The summed E-state index contributed by atoms with van der Waals surface area (Å²) in [4.78, 5) is 19.4. The number of amides is 1. The minimum Gasteiger partial charge on any atom is -0.375 e. The fourth-order valence-electron chi connectivity index (χ4n) is 4.79. The molecule has 2 fully saturated rings. The van der Waals surface area contributed by atoms with E-state index >= 15 is 0 Å². The largest absolute Gasteiger partial charge is 0.375 e. The molecule has 3 aromatic heterocycles. The summed E-state index contributed by atoms with van der Waals surface area (Å²) < 4.78 is 15.3. The van der Waals surface area contributed by atoms with Crippen LogP contribution in [0.2, 0.25) is 0 Å². The predicted octanol–water partition coefficient (Wildman–Crippen LogP) is 3.24. The van der Waals surface area contributed by atoms with Gasteiger partial charge in [-0.2, -0.15) is 5.10 Å². The highest BCUT2D eigenvalue weighted by molar-refractivity contribution is 5.97. The molecule has 10 heteroatoms. The van der Waals surface area contributed by atoms with E-state index in [0.717, 1.165) is 48.3 Å². The van der Waals surface area contributed by atoms with E-state index in [2.05, 4.69) is 20.3 Å². The third kappa shape index (κ3) is 4.19. The maximum absolute atomic E-state index is 13.0. The number of benzene rings is 1. The molecule has 10 nitrogen and oxygen atoms in total. The summed E-state index contributed by atoms with van der Waals surface area (Å²) in [7, 11) is 0. The van der Waals surface area contributed by atoms with Gasteiger partial charge in [-0.15, -0.1) is 10.2 Å². The number of carbonyl (C=O) groups excluding carboxylic acids is 1. The fourth-order valence-corrected chi connectivity index (χ4v) is 4.79. The number of rotatable bonds is 4. The molecule has 6 rings (SSSR count). The van der Waals surface area contributed by atoms with E-state index in [9.17, 15) is 4.79 Å². The van der Waals surface area contributed by atoms with Gasteiger partial charge in [0.2, 0.25) is 0 Å². The Morgan fingerprint density at radius 1 is 1.11 bits per heavy atom. The average Bonchev–Trinajstić information content (AvgIpc) is 3.56. The van der Waals surface area contributed by atoms with Gasteiger partial charge in [0, 0.05) is 36.8 Å². The molecular weight excluding hydrogens is 446 g/mol. The summed E-state index contributed by atoms with van der Waals surface area (Å²) in [5.74, 6) is 0.726. The zero-order chi connectivity index (χ0) is 23.8. The molecule has 0 spiro atoms. The van der Waals surface area contributed by atoms with E-state index in [4.69, 9.17) is 9.47 Å². The monoisotopic (exact) mass is 473 g/mol. The number of hydrogen-bond donors (Lipinski definition) is 0. The molecule has 0 radical (unpaired) electrons. The van der Waals surface area contributed by atoms with Crippen LogP contribution >= 0.6 is 0 Å². The number of pyridine rings is 1. The van der Waals surface area contributed by atoms with Gasteiger partial charge in [-0.25, -0.2) is 9.67 Å². The van der Waals surface area contributed by atoms with E-state index in [1.165, 1.54) is 0 Å². The normalized spacial score (nSPS) is 20.9. The van der Waals surface area contributed by atoms with E-state index in [-0.39, 0.29) is 18.2 Å². The van der Waals surface area contributed by atoms with Gasteiger partial charge in [0.05, 0.1) is 30.2 Å². The number of nitrogens with zero attached hydrogens (tertiary/aromatic N) is 7. The second-order valence-electron chi connectivity index (χ2n) is 9.06. The Morgan fingerprint density at radius 2 is 2.06 bits per heavy atom. The Kier molecular flexibility index (Phi) is 5.75. The summed E-state index contributed by atoms with van der Waals surface area (Å²) in [6.45, 7) is 4.45. The van der Waals surface area contributed by atoms with Crippen molar-refractivity contribution in [1.29, 1.82) is 0 Å². The molecule has 2 aliphatic rings. The van der Waals surface area contributed by atoms with Crippen LogP contribution in [0.15, 0.2) is 49.1 Å². The lowest BCUT2D eigenvalue weighted by atomic mass is 10.1. The topological polar surface area (TPSA) is 100 Å². The summed E-state index contributed by atoms with van der Waals surface area (Å²) in [6, 6.07) is 9.83. The number of ether oxygens (including phenoxy) is 2. The van der Waals surface area contributed by atoms with Gasteiger partial charge in [-0.05, 0) is 44.4 Å². The third-order valence-electron chi connectivity index (χ3n) is 6.57. The molecule has 0 aliphatic carbocycles. The van der Waals surface area contributed by atoms with Gasteiger partial charge in [0.1, 0.15) is 12.6 Å². The zero-order valence-corrected chi connectivity index (χ0v) is 19.6. The van der Waals surface area contributed by atoms with Crippen LogP contribution in [-0.4, -0.2) is 72.7 Å². The fraction of sp³-hybridized carbons (Fsp3) is 0.400. The molecule has 1 aromatic carbocycles. The molecule has 1 unspecified atom stereocenters. The molecule has 0 bridgehead atoms. The second-order valence-corrected chi connectivity index (χ2v) is 9.06. The summed E-state index contributed by atoms with van der Waals surface area (Å²) in [6.07, 6.45) is 8.25. The van der Waals surface area contributed by atoms with E-state index in [0.29, 0.717) is 30.9 Å². The number of carbonyl (C=O) groups is 1. The second kappa shape index (κ2) is 9.20. The van der Waals surface area contributed by atoms with Crippen molar-refractivity contribution < 1.29 is 14.3 Å². The highest BCUT2D eigenvalue weighted by Gasteiger charge is 2.24. The Balaban J connectivity index is 1.30. The van der Waals surface area contributed by atoms with Crippen molar-refractivity contribution in [2.75, 3.05) is 26.3 Å². The minimum absolute atomic E-state index is 0.0337. The van der Waals surface area contributed by atoms with Crippen LogP contribution in [0.3, 0.4) is 0 Å². The number of hydrogen-bond acceptors (Lipinski definition) is 7. The first-order valence-electron chi connectivity index (χ1n) is 12.0. The first-order valence-corrected chi connectivity index (χ1v) is 12.0. The summed E-state index contributed by atoms with van der Waals surface area (Å²) >= 11 is 0. The Morgan fingerprint density at radius 3 is 2.91 bits per heavy atom. The van der Waals surface area contributed by atoms with E-state index in [1.54, 1.807) is 23.4 Å². The maximum atomic E-state index is 13.0. The van der Waals surface area contributed by atoms with Crippen LogP contribution in [0.5, 0.6) is 0 Å². The zero-order valence-electron chi connectivity index (χ0n) is 19.6. The van der Waals surface area contributed by atoms with Gasteiger partial charge in [0.25, 0.3) is 5.91 Å². The molecule has 5 heterocycles. The summed E-state index contributed by atoms with van der Waals surface area (Å²) in [5.41, 5.74) is 3.02. The molecule has 35 heavy (non-hydrogen) atoms. The lowest BCUT2D eigenvalue weighted by molar-refractivity contribution is -0.0311. The predicted molar refractivity (Wildman–Crippen MR) is 128 cm³/mol. The van der Waals surface area contributed by atoms with Gasteiger partial charge < -0.3 is 14.4 Å². The van der Waals surface area contributed by atoms with Crippen molar-refractivity contribution in [3.8, 4) is 17.1 Å². The van der Waals surface area contributed by atoms with Crippen LogP contribution in [0.4, 0.5) is 0 Å². The number of morpholine rings is 1. The maximum Gasteiger partial charge on any atom is 0.255 e. The molecule has 1 amide bonds. The van der Waals surface area contributed by atoms with Crippen molar-refractivity contribution in [3.63, 3.8) is 0 Å². The Bertz CT molecular complexity index is 1360. The average molecular weight is 474 g/mol. The lowest BCUT2D eigenvalue weighted by Gasteiger charge is -2.31. The Hall–Kier alpha value is -3.63. The first kappa shape index (κ1) is 21.9. The van der Waals surface area contributed by atoms with E-state index in [1.807, 2.05) is 46.7 Å². The quantitative estimate of drug-likeness (QED) is 0.449. The SMILES string of the molecule is C[C@@H]1CN(C(=O)c2cnc3c(cnn3-c3cccc(-c4nncn4C4CCCCO4)c3)c2)CCO1. The van der Waals surface area contributed by atoms with Crippen LogP contribution in [-0.2, 0) is 9.47 Å². The van der Waals surface area contributed by atoms with Gasteiger partial charge >= 0.3 is 0 Å². The van der Waals surface area contributed by atoms with Gasteiger partial charge in [0.15, 0.2) is 11.5 Å². The van der Waals surface area contributed by atoms with Crippen LogP contribution in [0, 0.1) is 0 Å². The molecule has 0 saturated carbocycles. The third-order valence-corrected chi connectivity index (χ3v) is 6.57. The first-order chi connectivity index (χ1) is 17.2. The molecular formula is C25H27N7O3. The van der Waals surface area contributed by atoms with Gasteiger partial charge in [-0.3, -0.25) is 9.36 Å². The standard InChI is InChI=1S/C25H27N7O3/c1-17-15-30(8-10-34-17)25(33)20-11-19-14-28-32(23(19)26-13-20)21-6-4-5-18(12-21)24-29-27-16-31(24)22-7-2-3-9-35-22/h4-6,11-14,16-17,22H,2-3,7-10,15H2,1H3/t17-,22?/m1/s1.